The molecule has 1 N–H and O–H groups in total. The molecule has 2 aliphatic rings. The maximum Gasteiger partial charge on any atom is 0.257 e. The smallest absolute Gasteiger partial charge is 0.257 e. The van der Waals surface area contributed by atoms with Crippen molar-refractivity contribution in [1.82, 2.24) is 19.7 Å². The van der Waals surface area contributed by atoms with Crippen molar-refractivity contribution in [2.24, 2.45) is 0 Å². The van der Waals surface area contributed by atoms with E-state index >= 15 is 0 Å². The van der Waals surface area contributed by atoms with Crippen LogP contribution in [0.25, 0.3) is 0 Å². The van der Waals surface area contributed by atoms with Crippen LogP contribution in [0.2, 0.25) is 0 Å². The van der Waals surface area contributed by atoms with E-state index in [9.17, 15) is 9.59 Å². The number of nitrogens with zero attached hydrogens (tertiary/aromatic N) is 4. The zero-order chi connectivity index (χ0) is 16.0. The minimum atomic E-state index is -0.146. The third-order valence-electron chi connectivity index (χ3n) is 4.07. The van der Waals surface area contributed by atoms with Crippen LogP contribution in [0.4, 0.5) is 5.13 Å². The summed E-state index contributed by atoms with van der Waals surface area (Å²) in [4.78, 5) is 29.5. The van der Waals surface area contributed by atoms with Crippen LogP contribution in [0, 0.1) is 6.92 Å². The fourth-order valence-electron chi connectivity index (χ4n) is 3.03. The lowest BCUT2D eigenvalue weighted by atomic mass is 10.2. The summed E-state index contributed by atoms with van der Waals surface area (Å²) in [5.41, 5.74) is 1.82. The average molecular weight is 349 g/mol. The van der Waals surface area contributed by atoms with Gasteiger partial charge in [0.05, 0.1) is 11.7 Å². The highest BCUT2D eigenvalue weighted by Gasteiger charge is 2.31. The Balaban J connectivity index is 1.55. The van der Waals surface area contributed by atoms with E-state index in [1.165, 1.54) is 11.3 Å². The highest BCUT2D eigenvalue weighted by Crippen LogP contribution is 2.34. The fraction of sp³-hybridized carbons (Fsp3) is 0.500. The van der Waals surface area contributed by atoms with Crippen LogP contribution >= 0.6 is 23.1 Å². The van der Waals surface area contributed by atoms with Gasteiger partial charge >= 0.3 is 0 Å². The van der Waals surface area contributed by atoms with Crippen molar-refractivity contribution in [3.05, 3.63) is 26.6 Å². The van der Waals surface area contributed by atoms with Crippen LogP contribution in [-0.2, 0) is 17.6 Å². The number of aromatic nitrogens is 4. The Labute approximate surface area is 140 Å². The molecule has 0 bridgehead atoms. The number of rotatable bonds is 3. The Morgan fingerprint density at radius 3 is 3.04 bits per heavy atom. The van der Waals surface area contributed by atoms with E-state index < -0.39 is 0 Å². The van der Waals surface area contributed by atoms with Crippen molar-refractivity contribution >= 4 is 34.1 Å². The highest BCUT2D eigenvalue weighted by atomic mass is 32.2. The number of carbonyl (C=O) groups excluding carboxylic acids is 1. The van der Waals surface area contributed by atoms with Gasteiger partial charge in [0.2, 0.25) is 11.0 Å². The maximum absolute atomic E-state index is 12.7. The predicted molar refractivity (Wildman–Crippen MR) is 88.2 cm³/mol. The summed E-state index contributed by atoms with van der Waals surface area (Å²) in [5.74, 6) is 0.556. The molecule has 7 nitrogen and oxygen atoms in total. The number of nitrogens with one attached hydrogen (secondary N) is 1. The number of thioether (sulfide) groups is 1. The molecule has 1 aliphatic heterocycles. The number of hydrogen-bond acceptors (Lipinski definition) is 7. The van der Waals surface area contributed by atoms with Crippen molar-refractivity contribution in [3.8, 4) is 0 Å². The molecule has 3 heterocycles. The first-order valence-electron chi connectivity index (χ1n) is 7.49. The zero-order valence-corrected chi connectivity index (χ0v) is 14.2. The molecule has 0 unspecified atom stereocenters. The molecule has 0 aromatic carbocycles. The molecular weight excluding hydrogens is 334 g/mol. The molecule has 9 heteroatoms. The first kappa shape index (κ1) is 14.8. The average Bonchev–Trinajstić information content (AvgIpc) is 3.20. The van der Waals surface area contributed by atoms with Crippen molar-refractivity contribution < 1.29 is 4.79 Å². The topological polar surface area (TPSA) is 89.8 Å². The molecule has 120 valence electrons. The van der Waals surface area contributed by atoms with E-state index in [1.807, 2.05) is 6.92 Å². The Hall–Kier alpha value is -1.74. The van der Waals surface area contributed by atoms with Gasteiger partial charge in [0.15, 0.2) is 5.16 Å². The lowest BCUT2D eigenvalue weighted by Gasteiger charge is -2.13. The van der Waals surface area contributed by atoms with Gasteiger partial charge in [-0.15, -0.1) is 10.2 Å². The molecule has 2 aromatic heterocycles. The van der Waals surface area contributed by atoms with E-state index in [0.717, 1.165) is 40.7 Å². The van der Waals surface area contributed by atoms with Gasteiger partial charge in [-0.05, 0) is 26.2 Å². The molecule has 1 atom stereocenters. The molecule has 0 saturated carbocycles. The number of anilines is 1. The number of fused-ring (bicyclic) bond motifs is 2. The van der Waals surface area contributed by atoms with Gasteiger partial charge in [0, 0.05) is 17.7 Å². The molecule has 0 radical (unpaired) electrons. The van der Waals surface area contributed by atoms with Crippen molar-refractivity contribution in [2.75, 3.05) is 11.1 Å². The molecule has 23 heavy (non-hydrogen) atoms. The zero-order valence-electron chi connectivity index (χ0n) is 12.5. The lowest BCUT2D eigenvalue weighted by molar-refractivity contribution is -0.116. The number of aryl methyl sites for hydroxylation is 2. The molecule has 0 fully saturated rings. The minimum absolute atomic E-state index is 0.0389. The minimum Gasteiger partial charge on any atom is -0.300 e. The standard InChI is InChI=1S/C14H15N5O2S2/c1-7-17-18-13(23-7)16-11(20)5-8-6-22-14-15-10-4-2-3-9(10)12(21)19(8)14/h8H,2-6H2,1H3,(H,16,18,20)/t8-/m1/s1. The molecule has 1 amide bonds. The first-order valence-corrected chi connectivity index (χ1v) is 9.29. The number of amides is 1. The van der Waals surface area contributed by atoms with Crippen LogP contribution in [-0.4, -0.2) is 31.4 Å². The van der Waals surface area contributed by atoms with Crippen LogP contribution in [0.1, 0.15) is 35.1 Å². The SMILES string of the molecule is Cc1nnc(NC(=O)C[C@@H]2CSc3nc4c(c(=O)n32)CCC4)s1. The molecule has 4 rings (SSSR count). The summed E-state index contributed by atoms with van der Waals surface area (Å²) in [6, 6.07) is -0.144. The van der Waals surface area contributed by atoms with E-state index in [4.69, 9.17) is 0 Å². The van der Waals surface area contributed by atoms with Gasteiger partial charge in [0.1, 0.15) is 5.01 Å². The van der Waals surface area contributed by atoms with Gasteiger partial charge < -0.3 is 5.32 Å². The summed E-state index contributed by atoms with van der Waals surface area (Å²) in [6.07, 6.45) is 2.93. The normalized spacial score (nSPS) is 18.7. The third kappa shape index (κ3) is 2.67. The lowest BCUT2D eigenvalue weighted by Crippen LogP contribution is -2.30. The Morgan fingerprint density at radius 1 is 1.39 bits per heavy atom. The van der Waals surface area contributed by atoms with Gasteiger partial charge in [-0.25, -0.2) is 4.98 Å². The van der Waals surface area contributed by atoms with Crippen LogP contribution < -0.4 is 10.9 Å². The number of carbonyl (C=O) groups is 1. The van der Waals surface area contributed by atoms with Gasteiger partial charge in [0.25, 0.3) is 5.56 Å². The quantitative estimate of drug-likeness (QED) is 0.846. The maximum atomic E-state index is 12.7. The summed E-state index contributed by atoms with van der Waals surface area (Å²) in [5, 5.41) is 12.6. The van der Waals surface area contributed by atoms with Gasteiger partial charge in [-0.1, -0.05) is 23.1 Å². The second-order valence-corrected chi connectivity index (χ2v) is 7.86. The van der Waals surface area contributed by atoms with E-state index in [1.54, 1.807) is 16.3 Å². The molecule has 1 aliphatic carbocycles. The third-order valence-corrected chi connectivity index (χ3v) is 5.92. The van der Waals surface area contributed by atoms with Crippen molar-refractivity contribution in [2.45, 2.75) is 43.8 Å². The van der Waals surface area contributed by atoms with Gasteiger partial charge in [-0.2, -0.15) is 0 Å². The summed E-state index contributed by atoms with van der Waals surface area (Å²) >= 11 is 2.89. The van der Waals surface area contributed by atoms with E-state index in [2.05, 4.69) is 20.5 Å². The first-order chi connectivity index (χ1) is 11.1. The predicted octanol–water partition coefficient (Wildman–Crippen LogP) is 1.57. The van der Waals surface area contributed by atoms with E-state index in [-0.39, 0.29) is 23.9 Å². The second kappa shape index (κ2) is 5.72. The summed E-state index contributed by atoms with van der Waals surface area (Å²) in [6.45, 7) is 1.84. The van der Waals surface area contributed by atoms with Crippen LogP contribution in [0.15, 0.2) is 9.95 Å². The molecular formula is C14H15N5O2S2. The van der Waals surface area contributed by atoms with Crippen LogP contribution in [0.5, 0.6) is 0 Å². The monoisotopic (exact) mass is 349 g/mol. The summed E-state index contributed by atoms with van der Waals surface area (Å²) < 4.78 is 1.71. The number of hydrogen-bond donors (Lipinski definition) is 1. The van der Waals surface area contributed by atoms with Crippen molar-refractivity contribution in [3.63, 3.8) is 0 Å². The van der Waals surface area contributed by atoms with Crippen LogP contribution in [0.3, 0.4) is 0 Å². The fourth-order valence-corrected chi connectivity index (χ4v) is 4.80. The largest absolute Gasteiger partial charge is 0.300 e. The Morgan fingerprint density at radius 2 is 2.26 bits per heavy atom. The molecule has 2 aromatic rings. The molecule has 0 saturated heterocycles. The highest BCUT2D eigenvalue weighted by molar-refractivity contribution is 7.99. The van der Waals surface area contributed by atoms with Crippen molar-refractivity contribution in [1.29, 1.82) is 0 Å². The Bertz CT molecular complexity index is 844. The second-order valence-electron chi connectivity index (χ2n) is 5.69. The summed E-state index contributed by atoms with van der Waals surface area (Å²) in [7, 11) is 0. The van der Waals surface area contributed by atoms with E-state index in [0.29, 0.717) is 10.9 Å². The van der Waals surface area contributed by atoms with Gasteiger partial charge in [-0.3, -0.25) is 14.2 Å². The Kier molecular flexibility index (Phi) is 3.68. The molecule has 0 spiro atoms.